The van der Waals surface area contributed by atoms with Gasteiger partial charge in [-0.1, -0.05) is 6.92 Å². The van der Waals surface area contributed by atoms with Crippen molar-refractivity contribution in [3.63, 3.8) is 0 Å². The Morgan fingerprint density at radius 1 is 1.31 bits per heavy atom. The van der Waals surface area contributed by atoms with Gasteiger partial charge in [0.25, 0.3) is 0 Å². The van der Waals surface area contributed by atoms with Gasteiger partial charge in [0.15, 0.2) is 0 Å². The molecule has 0 spiro atoms. The van der Waals surface area contributed by atoms with E-state index in [1.165, 1.54) is 23.6 Å². The zero-order valence-corrected chi connectivity index (χ0v) is 15.9. The van der Waals surface area contributed by atoms with Gasteiger partial charge in [-0.05, 0) is 57.4 Å². The molecule has 0 amide bonds. The van der Waals surface area contributed by atoms with E-state index in [4.69, 9.17) is 10.1 Å². The zero-order valence-electron chi connectivity index (χ0n) is 15.9. The largest absolute Gasteiger partial charge is 0.455 e. The van der Waals surface area contributed by atoms with Crippen LogP contribution in [0, 0.1) is 17.1 Å². The number of hydrogen-bond donors (Lipinski definition) is 1. The fourth-order valence-corrected chi connectivity index (χ4v) is 2.91. The lowest BCUT2D eigenvalue weighted by Gasteiger charge is -2.22. The molecular formula is C20H25FN2O3. The number of carbonyl (C=O) groups excluding carboxylic acids is 2. The van der Waals surface area contributed by atoms with Gasteiger partial charge >= 0.3 is 5.97 Å². The van der Waals surface area contributed by atoms with Crippen LogP contribution in [0.15, 0.2) is 24.4 Å². The van der Waals surface area contributed by atoms with Crippen molar-refractivity contribution in [2.45, 2.75) is 53.1 Å². The molecule has 5 nitrogen and oxygen atoms in total. The third kappa shape index (κ3) is 4.36. The third-order valence-corrected chi connectivity index (χ3v) is 4.18. The van der Waals surface area contributed by atoms with Crippen LogP contribution in [0.4, 0.5) is 4.39 Å². The lowest BCUT2D eigenvalue weighted by Crippen LogP contribution is -2.33. The Kier molecular flexibility index (Phi) is 5.64. The minimum Gasteiger partial charge on any atom is -0.455 e. The maximum Gasteiger partial charge on any atom is 0.352 e. The summed E-state index contributed by atoms with van der Waals surface area (Å²) in [6.45, 7) is 8.58. The standard InChI is InChI=1S/C20H25FN2O3/c1-6-13(18(22)19(25)26-20(3,4)5)9-14-11-23(12(2)24)17-10-15(21)7-8-16(14)17/h7-8,10-11,13,22H,6,9H2,1-5H3. The maximum atomic E-state index is 13.6. The SMILES string of the molecule is CCC(Cc1cn(C(C)=O)c2cc(F)ccc12)C(=N)C(=O)OC(C)(C)C. The van der Waals surface area contributed by atoms with E-state index >= 15 is 0 Å². The molecule has 0 aliphatic rings. The predicted octanol–water partition coefficient (Wildman–Crippen LogP) is 4.37. The number of halogens is 1. The first kappa shape index (κ1) is 19.8. The smallest absolute Gasteiger partial charge is 0.352 e. The quantitative estimate of drug-likeness (QED) is 0.636. The van der Waals surface area contributed by atoms with Crippen LogP contribution in [0.5, 0.6) is 0 Å². The molecule has 2 rings (SSSR count). The summed E-state index contributed by atoms with van der Waals surface area (Å²) in [6, 6.07) is 4.29. The number of rotatable bonds is 5. The van der Waals surface area contributed by atoms with Gasteiger partial charge in [0, 0.05) is 24.4 Å². The Bertz CT molecular complexity index is 862. The van der Waals surface area contributed by atoms with Gasteiger partial charge < -0.3 is 4.74 Å². The first-order valence-electron chi connectivity index (χ1n) is 8.65. The first-order valence-corrected chi connectivity index (χ1v) is 8.65. The molecule has 0 aliphatic heterocycles. The second-order valence-corrected chi connectivity index (χ2v) is 7.43. The van der Waals surface area contributed by atoms with Gasteiger partial charge in [-0.3, -0.25) is 14.8 Å². The molecule has 1 atom stereocenters. The highest BCUT2D eigenvalue weighted by atomic mass is 19.1. The molecule has 2 aromatic rings. The molecule has 1 unspecified atom stereocenters. The molecule has 1 N–H and O–H groups in total. The van der Waals surface area contributed by atoms with Crippen molar-refractivity contribution in [3.8, 4) is 0 Å². The Balaban J connectivity index is 2.35. The normalized spacial score (nSPS) is 12.8. The second kappa shape index (κ2) is 7.40. The van der Waals surface area contributed by atoms with E-state index in [-0.39, 0.29) is 17.5 Å². The summed E-state index contributed by atoms with van der Waals surface area (Å²) >= 11 is 0. The van der Waals surface area contributed by atoms with Crippen LogP contribution in [-0.4, -0.2) is 27.8 Å². The molecular weight excluding hydrogens is 335 g/mol. The molecule has 0 bridgehead atoms. The Hall–Kier alpha value is -2.50. The fourth-order valence-electron chi connectivity index (χ4n) is 2.91. The molecule has 26 heavy (non-hydrogen) atoms. The topological polar surface area (TPSA) is 72.2 Å². The van der Waals surface area contributed by atoms with Crippen LogP contribution in [-0.2, 0) is 16.0 Å². The summed E-state index contributed by atoms with van der Waals surface area (Å²) in [4.78, 5) is 24.1. The number of esters is 1. The molecule has 0 fully saturated rings. The molecule has 0 saturated carbocycles. The van der Waals surface area contributed by atoms with E-state index in [9.17, 15) is 14.0 Å². The highest BCUT2D eigenvalue weighted by molar-refractivity contribution is 6.36. The van der Waals surface area contributed by atoms with Crippen LogP contribution in [0.25, 0.3) is 10.9 Å². The summed E-state index contributed by atoms with van der Waals surface area (Å²) in [5.41, 5.74) is 0.541. The monoisotopic (exact) mass is 360 g/mol. The van der Waals surface area contributed by atoms with E-state index in [1.807, 2.05) is 6.92 Å². The molecule has 0 saturated heterocycles. The Morgan fingerprint density at radius 2 is 1.96 bits per heavy atom. The van der Waals surface area contributed by atoms with E-state index in [0.717, 1.165) is 10.9 Å². The van der Waals surface area contributed by atoms with Crippen molar-refractivity contribution in [1.29, 1.82) is 5.41 Å². The molecule has 6 heteroatoms. The average molecular weight is 360 g/mol. The lowest BCUT2D eigenvalue weighted by molar-refractivity contribution is -0.146. The van der Waals surface area contributed by atoms with Crippen LogP contribution < -0.4 is 0 Å². The number of nitrogens with one attached hydrogen (secondary N) is 1. The molecule has 0 radical (unpaired) electrons. The van der Waals surface area contributed by atoms with Gasteiger partial charge in [-0.2, -0.15) is 0 Å². The molecule has 1 aromatic heterocycles. The summed E-state index contributed by atoms with van der Waals surface area (Å²) in [7, 11) is 0. The van der Waals surface area contributed by atoms with Crippen molar-refractivity contribution >= 4 is 28.5 Å². The number of benzene rings is 1. The summed E-state index contributed by atoms with van der Waals surface area (Å²) in [6.07, 6.45) is 2.64. The number of hydrogen-bond acceptors (Lipinski definition) is 4. The molecule has 140 valence electrons. The van der Waals surface area contributed by atoms with Gasteiger partial charge in [0.2, 0.25) is 5.91 Å². The third-order valence-electron chi connectivity index (χ3n) is 4.18. The number of fused-ring (bicyclic) bond motifs is 1. The molecule has 1 aromatic carbocycles. The van der Waals surface area contributed by atoms with Gasteiger partial charge in [0.05, 0.1) is 5.52 Å². The van der Waals surface area contributed by atoms with E-state index in [1.54, 1.807) is 33.0 Å². The number of carbonyl (C=O) groups is 2. The fraction of sp³-hybridized carbons (Fsp3) is 0.450. The maximum absolute atomic E-state index is 13.6. The van der Waals surface area contributed by atoms with Gasteiger partial charge in [0.1, 0.15) is 17.1 Å². The number of nitrogens with zero attached hydrogens (tertiary/aromatic N) is 1. The lowest BCUT2D eigenvalue weighted by atomic mass is 9.92. The summed E-state index contributed by atoms with van der Waals surface area (Å²) in [5, 5.41) is 8.95. The molecule has 1 heterocycles. The van der Waals surface area contributed by atoms with Crippen molar-refractivity contribution < 1.29 is 18.7 Å². The van der Waals surface area contributed by atoms with Crippen molar-refractivity contribution in [1.82, 2.24) is 4.57 Å². The average Bonchev–Trinajstić information content (AvgIpc) is 2.88. The summed E-state index contributed by atoms with van der Waals surface area (Å²) in [5.74, 6) is -1.62. The van der Waals surface area contributed by atoms with Crippen LogP contribution in [0.1, 0.15) is 51.4 Å². The predicted molar refractivity (Wildman–Crippen MR) is 99.3 cm³/mol. The minimum atomic E-state index is -0.663. The summed E-state index contributed by atoms with van der Waals surface area (Å²) < 4.78 is 20.3. The van der Waals surface area contributed by atoms with Gasteiger partial charge in [-0.25, -0.2) is 9.18 Å². The van der Waals surface area contributed by atoms with Crippen molar-refractivity contribution in [3.05, 3.63) is 35.8 Å². The molecule has 0 aliphatic carbocycles. The number of ether oxygens (including phenoxy) is 1. The van der Waals surface area contributed by atoms with E-state index in [0.29, 0.717) is 18.4 Å². The van der Waals surface area contributed by atoms with Crippen LogP contribution in [0.3, 0.4) is 0 Å². The zero-order chi connectivity index (χ0) is 19.6. The number of aromatic nitrogens is 1. The highest BCUT2D eigenvalue weighted by Gasteiger charge is 2.26. The van der Waals surface area contributed by atoms with E-state index < -0.39 is 17.4 Å². The Morgan fingerprint density at radius 3 is 2.50 bits per heavy atom. The highest BCUT2D eigenvalue weighted by Crippen LogP contribution is 2.26. The van der Waals surface area contributed by atoms with Crippen LogP contribution in [0.2, 0.25) is 0 Å². The van der Waals surface area contributed by atoms with Crippen molar-refractivity contribution in [2.75, 3.05) is 0 Å². The van der Waals surface area contributed by atoms with Crippen molar-refractivity contribution in [2.24, 2.45) is 5.92 Å². The van der Waals surface area contributed by atoms with E-state index in [2.05, 4.69) is 0 Å². The second-order valence-electron chi connectivity index (χ2n) is 7.43. The minimum absolute atomic E-state index is 0.0896. The first-order chi connectivity index (χ1) is 12.0. The van der Waals surface area contributed by atoms with Gasteiger partial charge in [-0.15, -0.1) is 0 Å². The Labute approximate surface area is 152 Å². The van der Waals surface area contributed by atoms with Crippen LogP contribution >= 0.6 is 0 Å².